The standard InChI is InChI=1S/C13H18F3N3O3/c14-13(15,16)11-10(7-17-18-12(11)21)19-4-1-3-9(19)8-22-6-2-5-20/h7,9,20H,1-6,8H2,(H,18,21)/t9-/m0/s1. The van der Waals surface area contributed by atoms with Gasteiger partial charge in [-0.1, -0.05) is 0 Å². The molecule has 2 rings (SSSR count). The summed E-state index contributed by atoms with van der Waals surface area (Å²) in [6, 6.07) is -0.233. The molecular weight excluding hydrogens is 303 g/mol. The lowest BCUT2D eigenvalue weighted by Gasteiger charge is -2.28. The molecule has 0 spiro atoms. The number of nitrogens with one attached hydrogen (secondary N) is 1. The van der Waals surface area contributed by atoms with Crippen LogP contribution in [0.1, 0.15) is 24.8 Å². The number of ether oxygens (including phenoxy) is 1. The second-order valence-electron chi connectivity index (χ2n) is 5.10. The number of hydrogen-bond acceptors (Lipinski definition) is 5. The van der Waals surface area contributed by atoms with E-state index in [0.717, 1.165) is 12.6 Å². The highest BCUT2D eigenvalue weighted by molar-refractivity contribution is 5.53. The molecule has 0 radical (unpaired) electrons. The molecule has 1 aliphatic rings. The van der Waals surface area contributed by atoms with Gasteiger partial charge in [-0.3, -0.25) is 4.79 Å². The summed E-state index contributed by atoms with van der Waals surface area (Å²) in [5.41, 5.74) is -2.66. The van der Waals surface area contributed by atoms with Crippen LogP contribution < -0.4 is 10.5 Å². The molecule has 0 aromatic carbocycles. The van der Waals surface area contributed by atoms with Gasteiger partial charge in [-0.2, -0.15) is 18.3 Å². The van der Waals surface area contributed by atoms with Crippen molar-refractivity contribution in [3.05, 3.63) is 22.1 Å². The highest BCUT2D eigenvalue weighted by atomic mass is 19.4. The summed E-state index contributed by atoms with van der Waals surface area (Å²) in [7, 11) is 0. The highest BCUT2D eigenvalue weighted by Gasteiger charge is 2.40. The first-order valence-electron chi connectivity index (χ1n) is 7.05. The molecule has 1 aromatic rings. The normalized spacial score (nSPS) is 18.9. The SMILES string of the molecule is O=c1[nH]ncc(N2CCC[C@H]2COCCCO)c1C(F)(F)F. The highest BCUT2D eigenvalue weighted by Crippen LogP contribution is 2.36. The fraction of sp³-hybridized carbons (Fsp3) is 0.692. The van der Waals surface area contributed by atoms with Crippen molar-refractivity contribution in [1.29, 1.82) is 0 Å². The zero-order chi connectivity index (χ0) is 16.2. The lowest BCUT2D eigenvalue weighted by Crippen LogP contribution is -2.37. The molecule has 6 nitrogen and oxygen atoms in total. The minimum atomic E-state index is -4.74. The molecule has 0 bridgehead atoms. The summed E-state index contributed by atoms with van der Waals surface area (Å²) in [6.07, 6.45) is -1.82. The third kappa shape index (κ3) is 3.77. The number of anilines is 1. The van der Waals surface area contributed by atoms with Gasteiger partial charge in [0, 0.05) is 19.8 Å². The molecule has 1 fully saturated rings. The van der Waals surface area contributed by atoms with Crippen molar-refractivity contribution in [1.82, 2.24) is 10.2 Å². The Hall–Kier alpha value is -1.61. The Morgan fingerprint density at radius 1 is 1.50 bits per heavy atom. The molecule has 0 aliphatic carbocycles. The van der Waals surface area contributed by atoms with Gasteiger partial charge in [0.25, 0.3) is 5.56 Å². The van der Waals surface area contributed by atoms with E-state index in [1.54, 1.807) is 0 Å². The second kappa shape index (κ2) is 7.10. The third-order valence-electron chi connectivity index (χ3n) is 3.56. The number of aromatic amines is 1. The number of aliphatic hydroxyl groups is 1. The van der Waals surface area contributed by atoms with Gasteiger partial charge in [0.05, 0.1) is 24.5 Å². The van der Waals surface area contributed by atoms with E-state index in [0.29, 0.717) is 26.0 Å². The number of nitrogens with zero attached hydrogens (tertiary/aromatic N) is 2. The van der Waals surface area contributed by atoms with Crippen molar-refractivity contribution in [3.63, 3.8) is 0 Å². The lowest BCUT2D eigenvalue weighted by atomic mass is 10.2. The number of rotatable bonds is 6. The minimum absolute atomic E-state index is 0.00455. The predicted octanol–water partition coefficient (Wildman–Crippen LogP) is 1.16. The number of H-pyrrole nitrogens is 1. The topological polar surface area (TPSA) is 78.5 Å². The van der Waals surface area contributed by atoms with Crippen LogP contribution in [0, 0.1) is 0 Å². The number of hydrogen-bond donors (Lipinski definition) is 2. The van der Waals surface area contributed by atoms with Gasteiger partial charge >= 0.3 is 6.18 Å². The maximum absolute atomic E-state index is 13.1. The lowest BCUT2D eigenvalue weighted by molar-refractivity contribution is -0.138. The van der Waals surface area contributed by atoms with Crippen molar-refractivity contribution in [2.45, 2.75) is 31.5 Å². The fourth-order valence-corrected chi connectivity index (χ4v) is 2.59. The van der Waals surface area contributed by atoms with Gasteiger partial charge in [-0.25, -0.2) is 5.10 Å². The Labute approximate surface area is 124 Å². The molecule has 0 unspecified atom stereocenters. The Kier molecular flexibility index (Phi) is 5.41. The van der Waals surface area contributed by atoms with Crippen LogP contribution in [0.3, 0.4) is 0 Å². The fourth-order valence-electron chi connectivity index (χ4n) is 2.59. The summed E-state index contributed by atoms with van der Waals surface area (Å²) in [4.78, 5) is 13.1. The first-order chi connectivity index (χ1) is 10.4. The Morgan fingerprint density at radius 3 is 2.95 bits per heavy atom. The summed E-state index contributed by atoms with van der Waals surface area (Å²) in [5, 5.41) is 14.0. The first-order valence-corrected chi connectivity index (χ1v) is 7.05. The van der Waals surface area contributed by atoms with E-state index >= 15 is 0 Å². The van der Waals surface area contributed by atoms with Gasteiger partial charge in [0.2, 0.25) is 0 Å². The van der Waals surface area contributed by atoms with Crippen molar-refractivity contribution >= 4 is 5.69 Å². The van der Waals surface area contributed by atoms with Crippen LogP contribution in [0.15, 0.2) is 11.0 Å². The van der Waals surface area contributed by atoms with E-state index in [1.165, 1.54) is 4.90 Å². The van der Waals surface area contributed by atoms with Gasteiger partial charge in [0.1, 0.15) is 5.56 Å². The quantitative estimate of drug-likeness (QED) is 0.769. The third-order valence-corrected chi connectivity index (χ3v) is 3.56. The molecule has 0 saturated carbocycles. The molecular formula is C13H18F3N3O3. The molecule has 1 saturated heterocycles. The van der Waals surface area contributed by atoms with Crippen LogP contribution in [0.5, 0.6) is 0 Å². The Morgan fingerprint density at radius 2 is 2.27 bits per heavy atom. The molecule has 1 aliphatic heterocycles. The zero-order valence-corrected chi connectivity index (χ0v) is 11.9. The largest absolute Gasteiger partial charge is 0.423 e. The zero-order valence-electron chi connectivity index (χ0n) is 11.9. The van der Waals surface area contributed by atoms with Crippen molar-refractivity contribution < 1.29 is 23.0 Å². The number of aliphatic hydroxyl groups excluding tert-OH is 1. The van der Waals surface area contributed by atoms with Crippen LogP contribution in [0.4, 0.5) is 18.9 Å². The van der Waals surface area contributed by atoms with Crippen LogP contribution in [0.25, 0.3) is 0 Å². The number of alkyl halides is 3. The molecule has 2 N–H and O–H groups in total. The predicted molar refractivity (Wildman–Crippen MR) is 72.7 cm³/mol. The summed E-state index contributed by atoms with van der Waals surface area (Å²) >= 11 is 0. The van der Waals surface area contributed by atoms with Crippen molar-refractivity contribution in [2.24, 2.45) is 0 Å². The average molecular weight is 321 g/mol. The van der Waals surface area contributed by atoms with E-state index in [9.17, 15) is 18.0 Å². The van der Waals surface area contributed by atoms with E-state index in [-0.39, 0.29) is 24.9 Å². The molecule has 0 amide bonds. The maximum Gasteiger partial charge on any atom is 0.423 e. The van der Waals surface area contributed by atoms with Gasteiger partial charge < -0.3 is 14.7 Å². The average Bonchev–Trinajstić information content (AvgIpc) is 2.90. The molecule has 9 heteroatoms. The van der Waals surface area contributed by atoms with E-state index < -0.39 is 17.3 Å². The molecule has 1 aromatic heterocycles. The van der Waals surface area contributed by atoms with Gasteiger partial charge in [-0.15, -0.1) is 0 Å². The molecule has 2 heterocycles. The number of aromatic nitrogens is 2. The maximum atomic E-state index is 13.1. The number of halogens is 3. The first kappa shape index (κ1) is 16.8. The van der Waals surface area contributed by atoms with Crippen LogP contribution in [-0.4, -0.2) is 47.7 Å². The van der Waals surface area contributed by atoms with Crippen molar-refractivity contribution in [2.75, 3.05) is 31.3 Å². The summed E-state index contributed by atoms with van der Waals surface area (Å²) in [6.45, 7) is 1.03. The molecule has 1 atom stereocenters. The van der Waals surface area contributed by atoms with Gasteiger partial charge in [0.15, 0.2) is 0 Å². The summed E-state index contributed by atoms with van der Waals surface area (Å²) in [5.74, 6) is 0. The van der Waals surface area contributed by atoms with Crippen LogP contribution in [-0.2, 0) is 10.9 Å². The van der Waals surface area contributed by atoms with E-state index in [1.807, 2.05) is 5.10 Å². The molecule has 124 valence electrons. The van der Waals surface area contributed by atoms with E-state index in [2.05, 4.69) is 5.10 Å². The van der Waals surface area contributed by atoms with Crippen LogP contribution in [0.2, 0.25) is 0 Å². The van der Waals surface area contributed by atoms with Gasteiger partial charge in [-0.05, 0) is 19.3 Å². The monoisotopic (exact) mass is 321 g/mol. The van der Waals surface area contributed by atoms with E-state index in [4.69, 9.17) is 9.84 Å². The van der Waals surface area contributed by atoms with Crippen molar-refractivity contribution in [3.8, 4) is 0 Å². The Balaban J connectivity index is 2.20. The molecule has 22 heavy (non-hydrogen) atoms. The van der Waals surface area contributed by atoms with Crippen LogP contribution >= 0.6 is 0 Å². The minimum Gasteiger partial charge on any atom is -0.396 e. The smallest absolute Gasteiger partial charge is 0.396 e. The second-order valence-corrected chi connectivity index (χ2v) is 5.10. The Bertz CT molecular complexity index is 547. The summed E-state index contributed by atoms with van der Waals surface area (Å²) < 4.78 is 44.7.